The minimum Gasteiger partial charge on any atom is -0.413 e. The van der Waals surface area contributed by atoms with Crippen molar-refractivity contribution in [2.24, 2.45) is 0 Å². The molecule has 2 N–H and O–H groups in total. The van der Waals surface area contributed by atoms with Crippen molar-refractivity contribution in [3.8, 4) is 0 Å². The van der Waals surface area contributed by atoms with E-state index in [1.807, 2.05) is 24.3 Å². The summed E-state index contributed by atoms with van der Waals surface area (Å²) in [5.74, 6) is 0. The Labute approximate surface area is 88.7 Å². The van der Waals surface area contributed by atoms with Crippen LogP contribution in [0.4, 0.5) is 5.69 Å². The van der Waals surface area contributed by atoms with Gasteiger partial charge in [0, 0.05) is 16.5 Å². The Balaban J connectivity index is 2.68. The van der Waals surface area contributed by atoms with Crippen molar-refractivity contribution >= 4 is 38.1 Å². The smallest absolute Gasteiger partial charge is 0.396 e. The zero-order valence-corrected chi connectivity index (χ0v) is 8.51. The van der Waals surface area contributed by atoms with Crippen LogP contribution in [0.15, 0.2) is 39.5 Å². The van der Waals surface area contributed by atoms with Gasteiger partial charge in [-0.05, 0) is 6.07 Å². The van der Waals surface area contributed by atoms with Crippen LogP contribution in [-0.4, -0.2) is 0 Å². The fraction of sp³-hybridized carbons (Fsp3) is 0. The third kappa shape index (κ3) is 1.15. The highest BCUT2D eigenvalue weighted by Gasteiger charge is 2.08. The SMILES string of the molecule is Nc1cc2sc(=O)oc2c2ccccc12. The van der Waals surface area contributed by atoms with Gasteiger partial charge in [0.1, 0.15) is 0 Å². The van der Waals surface area contributed by atoms with E-state index in [1.165, 1.54) is 0 Å². The molecule has 0 radical (unpaired) electrons. The molecule has 2 aromatic carbocycles. The molecule has 15 heavy (non-hydrogen) atoms. The fourth-order valence-electron chi connectivity index (χ4n) is 1.73. The summed E-state index contributed by atoms with van der Waals surface area (Å²) in [7, 11) is 0. The average molecular weight is 217 g/mol. The maximum absolute atomic E-state index is 11.2. The maximum Gasteiger partial charge on any atom is 0.396 e. The molecule has 3 aromatic rings. The van der Waals surface area contributed by atoms with Crippen LogP contribution in [0.3, 0.4) is 0 Å². The van der Waals surface area contributed by atoms with E-state index in [-0.39, 0.29) is 4.94 Å². The second-order valence-electron chi connectivity index (χ2n) is 3.29. The first-order chi connectivity index (χ1) is 7.25. The van der Waals surface area contributed by atoms with E-state index >= 15 is 0 Å². The van der Waals surface area contributed by atoms with Gasteiger partial charge in [0.2, 0.25) is 0 Å². The van der Waals surface area contributed by atoms with Gasteiger partial charge in [0.05, 0.1) is 4.70 Å². The molecule has 0 saturated heterocycles. The number of nitrogens with two attached hydrogens (primary N) is 1. The van der Waals surface area contributed by atoms with Gasteiger partial charge in [-0.2, -0.15) is 0 Å². The van der Waals surface area contributed by atoms with Crippen LogP contribution in [0.2, 0.25) is 0 Å². The molecule has 0 spiro atoms. The zero-order valence-electron chi connectivity index (χ0n) is 7.69. The Bertz CT molecular complexity index is 711. The lowest BCUT2D eigenvalue weighted by Crippen LogP contribution is -1.86. The molecule has 3 rings (SSSR count). The number of hydrogen-bond donors (Lipinski definition) is 1. The van der Waals surface area contributed by atoms with Gasteiger partial charge in [-0.15, -0.1) is 0 Å². The van der Waals surface area contributed by atoms with E-state index < -0.39 is 0 Å². The van der Waals surface area contributed by atoms with Crippen LogP contribution >= 0.6 is 11.3 Å². The van der Waals surface area contributed by atoms with Crippen molar-refractivity contribution in [3.05, 3.63) is 40.1 Å². The average Bonchev–Trinajstić information content (AvgIpc) is 2.59. The highest BCUT2D eigenvalue weighted by Crippen LogP contribution is 2.31. The first kappa shape index (κ1) is 8.49. The molecule has 0 aliphatic heterocycles. The second-order valence-corrected chi connectivity index (χ2v) is 4.27. The van der Waals surface area contributed by atoms with Gasteiger partial charge in [0.25, 0.3) is 0 Å². The number of hydrogen-bond acceptors (Lipinski definition) is 4. The fourth-order valence-corrected chi connectivity index (χ4v) is 2.46. The van der Waals surface area contributed by atoms with E-state index in [0.29, 0.717) is 11.3 Å². The van der Waals surface area contributed by atoms with Crippen molar-refractivity contribution in [2.45, 2.75) is 0 Å². The Kier molecular flexibility index (Phi) is 1.61. The zero-order chi connectivity index (χ0) is 10.4. The molecule has 1 aromatic heterocycles. The highest BCUT2D eigenvalue weighted by molar-refractivity contribution is 7.16. The molecule has 74 valence electrons. The van der Waals surface area contributed by atoms with Gasteiger partial charge in [-0.1, -0.05) is 35.6 Å². The molecule has 0 aliphatic rings. The van der Waals surface area contributed by atoms with Crippen molar-refractivity contribution in [1.82, 2.24) is 0 Å². The summed E-state index contributed by atoms with van der Waals surface area (Å²) >= 11 is 1.08. The highest BCUT2D eigenvalue weighted by atomic mass is 32.1. The molecule has 1 heterocycles. The first-order valence-corrected chi connectivity index (χ1v) is 5.28. The quantitative estimate of drug-likeness (QED) is 0.589. The van der Waals surface area contributed by atoms with Gasteiger partial charge in [-0.3, -0.25) is 0 Å². The largest absolute Gasteiger partial charge is 0.413 e. The molecular formula is C11H7NO2S. The summed E-state index contributed by atoms with van der Waals surface area (Å²) in [5, 5.41) is 1.82. The second kappa shape index (κ2) is 2.84. The Morgan fingerprint density at radius 2 is 1.93 bits per heavy atom. The lowest BCUT2D eigenvalue weighted by molar-refractivity contribution is 0.589. The predicted octanol–water partition coefficient (Wildman–Crippen LogP) is 2.59. The van der Waals surface area contributed by atoms with Gasteiger partial charge in [0.15, 0.2) is 5.58 Å². The van der Waals surface area contributed by atoms with E-state index in [9.17, 15) is 4.79 Å². The van der Waals surface area contributed by atoms with Crippen molar-refractivity contribution in [3.63, 3.8) is 0 Å². The van der Waals surface area contributed by atoms with Crippen LogP contribution in [0, 0.1) is 0 Å². The molecule has 0 atom stereocenters. The van der Waals surface area contributed by atoms with E-state index in [4.69, 9.17) is 10.2 Å². The Morgan fingerprint density at radius 1 is 1.20 bits per heavy atom. The number of fused-ring (bicyclic) bond motifs is 3. The van der Waals surface area contributed by atoms with Crippen molar-refractivity contribution in [1.29, 1.82) is 0 Å². The van der Waals surface area contributed by atoms with Gasteiger partial charge < -0.3 is 10.2 Å². The number of anilines is 1. The lowest BCUT2D eigenvalue weighted by atomic mass is 10.1. The molecule has 0 saturated carbocycles. The summed E-state index contributed by atoms with van der Waals surface area (Å²) in [4.78, 5) is 10.9. The summed E-state index contributed by atoms with van der Waals surface area (Å²) in [6.45, 7) is 0. The Hall–Kier alpha value is -1.81. The van der Waals surface area contributed by atoms with Crippen LogP contribution in [-0.2, 0) is 0 Å². The van der Waals surface area contributed by atoms with Crippen LogP contribution in [0.1, 0.15) is 0 Å². The molecule has 0 bridgehead atoms. The van der Waals surface area contributed by atoms with Crippen molar-refractivity contribution in [2.75, 3.05) is 5.73 Å². The minimum atomic E-state index is -0.291. The molecule has 0 fully saturated rings. The number of rotatable bonds is 0. The number of nitrogen functional groups attached to an aromatic ring is 1. The van der Waals surface area contributed by atoms with Crippen molar-refractivity contribution < 1.29 is 4.42 Å². The Morgan fingerprint density at radius 3 is 2.73 bits per heavy atom. The molecule has 0 amide bonds. The summed E-state index contributed by atoms with van der Waals surface area (Å²) in [6, 6.07) is 9.42. The predicted molar refractivity (Wildman–Crippen MR) is 62.3 cm³/mol. The monoisotopic (exact) mass is 217 g/mol. The minimum absolute atomic E-state index is 0.291. The van der Waals surface area contributed by atoms with E-state index in [1.54, 1.807) is 6.07 Å². The third-order valence-corrected chi connectivity index (χ3v) is 3.14. The standard InChI is InChI=1S/C11H7NO2S/c12-8-5-9-10(14-11(13)15-9)7-4-2-1-3-6(7)8/h1-5H,12H2. The van der Waals surface area contributed by atoms with Gasteiger partial charge >= 0.3 is 4.94 Å². The molecule has 0 unspecified atom stereocenters. The lowest BCUT2D eigenvalue weighted by Gasteiger charge is -2.01. The van der Waals surface area contributed by atoms with E-state index in [0.717, 1.165) is 26.8 Å². The maximum atomic E-state index is 11.2. The summed E-state index contributed by atoms with van der Waals surface area (Å²) in [6.07, 6.45) is 0. The number of benzene rings is 2. The van der Waals surface area contributed by atoms with Crippen LogP contribution < -0.4 is 10.7 Å². The first-order valence-electron chi connectivity index (χ1n) is 4.46. The molecule has 4 heteroatoms. The molecule has 0 aliphatic carbocycles. The normalized spacial score (nSPS) is 11.2. The topological polar surface area (TPSA) is 56.2 Å². The van der Waals surface area contributed by atoms with Crippen LogP contribution in [0.25, 0.3) is 21.1 Å². The van der Waals surface area contributed by atoms with E-state index in [2.05, 4.69) is 0 Å². The molecular weight excluding hydrogens is 210 g/mol. The van der Waals surface area contributed by atoms with Gasteiger partial charge in [-0.25, -0.2) is 4.79 Å². The van der Waals surface area contributed by atoms with Crippen LogP contribution in [0.5, 0.6) is 0 Å². The third-order valence-electron chi connectivity index (χ3n) is 2.37. The molecule has 3 nitrogen and oxygen atoms in total. The summed E-state index contributed by atoms with van der Waals surface area (Å²) in [5.41, 5.74) is 7.20. The summed E-state index contributed by atoms with van der Waals surface area (Å²) < 4.78 is 5.95.